The van der Waals surface area contributed by atoms with Crippen LogP contribution in [-0.2, 0) is 0 Å². The Morgan fingerprint density at radius 3 is 2.26 bits per heavy atom. The lowest BCUT2D eigenvalue weighted by atomic mass is 10.2. The summed E-state index contributed by atoms with van der Waals surface area (Å²) < 4.78 is 17.5. The van der Waals surface area contributed by atoms with E-state index in [-0.39, 0.29) is 5.56 Å². The number of fused-ring (bicyclic) bond motifs is 1. The highest BCUT2D eigenvalue weighted by molar-refractivity contribution is 5.77. The van der Waals surface area contributed by atoms with Gasteiger partial charge < -0.3 is 14.2 Å². The topological polar surface area (TPSA) is 62.6 Å². The Kier molecular flexibility index (Phi) is 3.89. The summed E-state index contributed by atoms with van der Waals surface area (Å²) in [6, 6.07) is 10.4. The minimum Gasteiger partial charge on any atom is -0.493 e. The number of benzene rings is 1. The van der Waals surface area contributed by atoms with Crippen LogP contribution in [0.5, 0.6) is 17.2 Å². The van der Waals surface area contributed by atoms with Gasteiger partial charge in [0.15, 0.2) is 11.5 Å². The maximum Gasteiger partial charge on any atom is 0.256 e. The zero-order chi connectivity index (χ0) is 16.4. The van der Waals surface area contributed by atoms with Crippen molar-refractivity contribution in [1.82, 2.24) is 9.55 Å². The molecular formula is C17H16N2O4. The molecule has 118 valence electrons. The molecule has 0 unspecified atom stereocenters. The summed E-state index contributed by atoms with van der Waals surface area (Å²) in [6.07, 6.45) is 1.65. The van der Waals surface area contributed by atoms with Gasteiger partial charge in [0.05, 0.1) is 27.0 Å². The van der Waals surface area contributed by atoms with Crippen LogP contribution >= 0.6 is 0 Å². The van der Waals surface area contributed by atoms with Gasteiger partial charge in [0, 0.05) is 29.8 Å². The van der Waals surface area contributed by atoms with Crippen molar-refractivity contribution in [1.29, 1.82) is 0 Å². The lowest BCUT2D eigenvalue weighted by Crippen LogP contribution is -2.18. The van der Waals surface area contributed by atoms with Gasteiger partial charge in [-0.25, -0.2) is 4.98 Å². The van der Waals surface area contributed by atoms with E-state index in [1.807, 2.05) is 12.1 Å². The molecule has 2 aromatic heterocycles. The fraction of sp³-hybridized carbons (Fsp3) is 0.176. The Balaban J connectivity index is 2.35. The Hall–Kier alpha value is -3.02. The second kappa shape index (κ2) is 6.00. The zero-order valence-electron chi connectivity index (χ0n) is 13.1. The summed E-state index contributed by atoms with van der Waals surface area (Å²) in [6.45, 7) is 0. The second-order valence-corrected chi connectivity index (χ2v) is 4.81. The van der Waals surface area contributed by atoms with Crippen LogP contribution in [0, 0.1) is 0 Å². The Labute approximate surface area is 132 Å². The van der Waals surface area contributed by atoms with Crippen LogP contribution in [0.3, 0.4) is 0 Å². The summed E-state index contributed by atoms with van der Waals surface area (Å²) in [4.78, 5) is 16.7. The maximum atomic E-state index is 12.4. The quantitative estimate of drug-likeness (QED) is 0.740. The molecule has 1 aromatic carbocycles. The molecule has 6 nitrogen and oxygen atoms in total. The summed E-state index contributed by atoms with van der Waals surface area (Å²) >= 11 is 0. The molecule has 0 atom stereocenters. The molecule has 3 rings (SSSR count). The predicted octanol–water partition coefficient (Wildman–Crippen LogP) is 2.41. The number of rotatable bonds is 4. The van der Waals surface area contributed by atoms with E-state index in [9.17, 15) is 4.79 Å². The lowest BCUT2D eigenvalue weighted by Gasteiger charge is -2.16. The van der Waals surface area contributed by atoms with Crippen molar-refractivity contribution in [3.63, 3.8) is 0 Å². The highest BCUT2D eigenvalue weighted by atomic mass is 16.5. The van der Waals surface area contributed by atoms with Gasteiger partial charge in [-0.05, 0) is 18.2 Å². The highest BCUT2D eigenvalue weighted by Crippen LogP contribution is 2.39. The van der Waals surface area contributed by atoms with Crippen LogP contribution in [0.15, 0.2) is 47.4 Å². The standard InChI is InChI=1S/C17H16N2O4/c1-21-13-9-12(10-14(22-2)16(13)23-3)19-15(20)7-6-11-5-4-8-18-17(11)19/h4-10H,1-3H3. The molecule has 0 saturated carbocycles. The molecule has 0 N–H and O–H groups in total. The summed E-state index contributed by atoms with van der Waals surface area (Å²) in [5.74, 6) is 1.42. The molecule has 2 heterocycles. The van der Waals surface area contributed by atoms with E-state index in [4.69, 9.17) is 14.2 Å². The molecule has 23 heavy (non-hydrogen) atoms. The Morgan fingerprint density at radius 1 is 0.957 bits per heavy atom. The van der Waals surface area contributed by atoms with Crippen molar-refractivity contribution in [2.45, 2.75) is 0 Å². The number of pyridine rings is 2. The Morgan fingerprint density at radius 2 is 1.65 bits per heavy atom. The average Bonchev–Trinajstić information content (AvgIpc) is 2.60. The van der Waals surface area contributed by atoms with Gasteiger partial charge in [-0.3, -0.25) is 9.36 Å². The maximum absolute atomic E-state index is 12.4. The molecule has 0 fully saturated rings. The van der Waals surface area contributed by atoms with Gasteiger partial charge in [-0.1, -0.05) is 0 Å². The molecular weight excluding hydrogens is 296 g/mol. The van der Waals surface area contributed by atoms with Crippen molar-refractivity contribution in [2.75, 3.05) is 21.3 Å². The first-order valence-electron chi connectivity index (χ1n) is 6.96. The molecule has 0 amide bonds. The zero-order valence-corrected chi connectivity index (χ0v) is 13.1. The summed E-state index contributed by atoms with van der Waals surface area (Å²) in [7, 11) is 4.60. The van der Waals surface area contributed by atoms with Gasteiger partial charge in [-0.15, -0.1) is 0 Å². The van der Waals surface area contributed by atoms with Crippen molar-refractivity contribution >= 4 is 11.0 Å². The number of hydrogen-bond donors (Lipinski definition) is 0. The van der Waals surface area contributed by atoms with Crippen LogP contribution in [0.2, 0.25) is 0 Å². The molecule has 0 aliphatic carbocycles. The fourth-order valence-electron chi connectivity index (χ4n) is 2.51. The van der Waals surface area contributed by atoms with E-state index in [1.165, 1.54) is 32.0 Å². The number of hydrogen-bond acceptors (Lipinski definition) is 5. The second-order valence-electron chi connectivity index (χ2n) is 4.81. The smallest absolute Gasteiger partial charge is 0.256 e. The first kappa shape index (κ1) is 14.9. The molecule has 0 aliphatic rings. The lowest BCUT2D eigenvalue weighted by molar-refractivity contribution is 0.324. The third-order valence-corrected chi connectivity index (χ3v) is 3.56. The van der Waals surface area contributed by atoms with Gasteiger partial charge in [-0.2, -0.15) is 0 Å². The molecule has 0 radical (unpaired) electrons. The minimum absolute atomic E-state index is 0.189. The summed E-state index contributed by atoms with van der Waals surface area (Å²) in [5.41, 5.74) is 0.966. The van der Waals surface area contributed by atoms with E-state index in [1.54, 1.807) is 24.4 Å². The van der Waals surface area contributed by atoms with Crippen LogP contribution < -0.4 is 19.8 Å². The highest BCUT2D eigenvalue weighted by Gasteiger charge is 2.16. The normalized spacial score (nSPS) is 10.6. The third kappa shape index (κ3) is 2.48. The van der Waals surface area contributed by atoms with E-state index >= 15 is 0 Å². The first-order valence-corrected chi connectivity index (χ1v) is 6.96. The largest absolute Gasteiger partial charge is 0.493 e. The van der Waals surface area contributed by atoms with Crippen LogP contribution in [0.25, 0.3) is 16.7 Å². The van der Waals surface area contributed by atoms with Crippen LogP contribution in [0.1, 0.15) is 0 Å². The van der Waals surface area contributed by atoms with Crippen LogP contribution in [0.4, 0.5) is 0 Å². The molecule has 0 bridgehead atoms. The number of nitrogens with zero attached hydrogens (tertiary/aromatic N) is 2. The fourth-order valence-corrected chi connectivity index (χ4v) is 2.51. The number of aromatic nitrogens is 2. The van der Waals surface area contributed by atoms with Gasteiger partial charge in [0.25, 0.3) is 5.56 Å². The van der Waals surface area contributed by atoms with Crippen LogP contribution in [-0.4, -0.2) is 30.9 Å². The summed E-state index contributed by atoms with van der Waals surface area (Å²) in [5, 5.41) is 0.862. The van der Waals surface area contributed by atoms with Gasteiger partial charge in [0.1, 0.15) is 5.65 Å². The van der Waals surface area contributed by atoms with Crippen molar-refractivity contribution in [2.24, 2.45) is 0 Å². The monoisotopic (exact) mass is 312 g/mol. The van der Waals surface area contributed by atoms with Crippen molar-refractivity contribution in [3.8, 4) is 22.9 Å². The van der Waals surface area contributed by atoms with E-state index in [2.05, 4.69) is 4.98 Å². The Bertz CT molecular complexity index is 893. The molecule has 0 aliphatic heterocycles. The number of ether oxygens (including phenoxy) is 3. The third-order valence-electron chi connectivity index (χ3n) is 3.56. The molecule has 0 saturated heterocycles. The predicted molar refractivity (Wildman–Crippen MR) is 87.0 cm³/mol. The molecule has 6 heteroatoms. The minimum atomic E-state index is -0.189. The van der Waals surface area contributed by atoms with Crippen molar-refractivity contribution < 1.29 is 14.2 Å². The van der Waals surface area contributed by atoms with E-state index in [0.29, 0.717) is 28.6 Å². The SMILES string of the molecule is COc1cc(-n2c(=O)ccc3cccnc32)cc(OC)c1OC. The van der Waals surface area contributed by atoms with Crippen molar-refractivity contribution in [3.05, 3.63) is 52.9 Å². The average molecular weight is 312 g/mol. The molecule has 3 aromatic rings. The van der Waals surface area contributed by atoms with E-state index < -0.39 is 0 Å². The van der Waals surface area contributed by atoms with Gasteiger partial charge in [0.2, 0.25) is 5.75 Å². The number of methoxy groups -OCH3 is 3. The van der Waals surface area contributed by atoms with E-state index in [0.717, 1.165) is 5.39 Å². The first-order chi connectivity index (χ1) is 11.2. The van der Waals surface area contributed by atoms with Gasteiger partial charge >= 0.3 is 0 Å². The molecule has 0 spiro atoms.